The Morgan fingerprint density at radius 2 is 2.11 bits per heavy atom. The molecule has 0 spiro atoms. The fourth-order valence-corrected chi connectivity index (χ4v) is 1.67. The summed E-state index contributed by atoms with van der Waals surface area (Å²) in [6, 6.07) is 4.30. The molecule has 1 aromatic rings. The number of carbonyl (C=O) groups excluding carboxylic acids is 1. The molecule has 0 aromatic heterocycles. The molecule has 0 atom stereocenters. The maximum Gasteiger partial charge on any atom is 0.387 e. The first-order valence-corrected chi connectivity index (χ1v) is 5.72. The van der Waals surface area contributed by atoms with Crippen LogP contribution in [0.2, 0.25) is 0 Å². The van der Waals surface area contributed by atoms with E-state index in [1.54, 1.807) is 19.9 Å². The van der Waals surface area contributed by atoms with Crippen LogP contribution < -0.4 is 4.74 Å². The van der Waals surface area contributed by atoms with Gasteiger partial charge in [0.25, 0.3) is 0 Å². The van der Waals surface area contributed by atoms with Crippen molar-refractivity contribution >= 4 is 5.97 Å². The molecule has 0 unspecified atom stereocenters. The molecule has 0 aliphatic rings. The lowest BCUT2D eigenvalue weighted by molar-refractivity contribution is -0.0505. The van der Waals surface area contributed by atoms with E-state index in [2.05, 4.69) is 4.74 Å². The van der Waals surface area contributed by atoms with Gasteiger partial charge in [0, 0.05) is 5.56 Å². The first kappa shape index (κ1) is 14.9. The third-order valence-electron chi connectivity index (χ3n) is 2.40. The number of nitrogens with zero attached hydrogens (tertiary/aromatic N) is 1. The van der Waals surface area contributed by atoms with Crippen LogP contribution in [-0.4, -0.2) is 19.2 Å². The van der Waals surface area contributed by atoms with Crippen molar-refractivity contribution in [3.63, 3.8) is 0 Å². The molecule has 0 heterocycles. The SMILES string of the molecule is CCOC(=O)c1cc(C#N)cc(OC(F)F)c1CC. The van der Waals surface area contributed by atoms with Crippen LogP contribution in [0.25, 0.3) is 0 Å². The fourth-order valence-electron chi connectivity index (χ4n) is 1.67. The van der Waals surface area contributed by atoms with Gasteiger partial charge in [-0.2, -0.15) is 14.0 Å². The largest absolute Gasteiger partial charge is 0.462 e. The Morgan fingerprint density at radius 1 is 1.42 bits per heavy atom. The zero-order valence-corrected chi connectivity index (χ0v) is 10.6. The van der Waals surface area contributed by atoms with Crippen LogP contribution in [-0.2, 0) is 11.2 Å². The van der Waals surface area contributed by atoms with Gasteiger partial charge in [-0.3, -0.25) is 0 Å². The molecule has 1 rings (SSSR count). The Balaban J connectivity index is 3.35. The number of nitriles is 1. The monoisotopic (exact) mass is 269 g/mol. The molecule has 0 amide bonds. The Morgan fingerprint density at radius 3 is 2.58 bits per heavy atom. The van der Waals surface area contributed by atoms with Gasteiger partial charge >= 0.3 is 12.6 Å². The van der Waals surface area contributed by atoms with Crippen molar-refractivity contribution in [1.29, 1.82) is 5.26 Å². The average Bonchev–Trinajstić information content (AvgIpc) is 2.37. The molecule has 102 valence electrons. The number of carbonyl (C=O) groups is 1. The number of halogens is 2. The van der Waals surface area contributed by atoms with E-state index in [0.29, 0.717) is 12.0 Å². The number of benzene rings is 1. The quantitative estimate of drug-likeness (QED) is 0.771. The Kier molecular flexibility index (Phi) is 5.24. The van der Waals surface area contributed by atoms with Crippen LogP contribution >= 0.6 is 0 Å². The minimum Gasteiger partial charge on any atom is -0.462 e. The molecule has 0 fully saturated rings. The van der Waals surface area contributed by atoms with E-state index in [4.69, 9.17) is 10.00 Å². The lowest BCUT2D eigenvalue weighted by atomic mass is 10.0. The summed E-state index contributed by atoms with van der Waals surface area (Å²) in [7, 11) is 0. The van der Waals surface area contributed by atoms with E-state index in [-0.39, 0.29) is 23.5 Å². The minimum absolute atomic E-state index is 0.0657. The van der Waals surface area contributed by atoms with Gasteiger partial charge in [0.15, 0.2) is 0 Å². The first-order chi connectivity index (χ1) is 9.03. The maximum absolute atomic E-state index is 12.3. The van der Waals surface area contributed by atoms with Crippen LogP contribution in [0.4, 0.5) is 8.78 Å². The topological polar surface area (TPSA) is 59.3 Å². The highest BCUT2D eigenvalue weighted by molar-refractivity contribution is 5.92. The van der Waals surface area contributed by atoms with Gasteiger partial charge in [0.2, 0.25) is 0 Å². The lowest BCUT2D eigenvalue weighted by Gasteiger charge is -2.14. The molecular formula is C13H13F2NO3. The molecule has 0 radical (unpaired) electrons. The van der Waals surface area contributed by atoms with Gasteiger partial charge in [0.05, 0.1) is 23.8 Å². The number of rotatable bonds is 5. The Hall–Kier alpha value is -2.16. The highest BCUT2D eigenvalue weighted by Crippen LogP contribution is 2.27. The second-order valence-electron chi connectivity index (χ2n) is 3.56. The summed E-state index contributed by atoms with van der Waals surface area (Å²) >= 11 is 0. The molecule has 0 bridgehead atoms. The smallest absolute Gasteiger partial charge is 0.387 e. The third-order valence-corrected chi connectivity index (χ3v) is 2.40. The van der Waals surface area contributed by atoms with Gasteiger partial charge in [-0.05, 0) is 25.5 Å². The van der Waals surface area contributed by atoms with Gasteiger partial charge in [-0.1, -0.05) is 6.92 Å². The van der Waals surface area contributed by atoms with E-state index in [0.717, 1.165) is 0 Å². The first-order valence-electron chi connectivity index (χ1n) is 5.72. The molecule has 4 nitrogen and oxygen atoms in total. The average molecular weight is 269 g/mol. The van der Waals surface area contributed by atoms with E-state index in [9.17, 15) is 13.6 Å². The molecule has 0 saturated carbocycles. The number of hydrogen-bond acceptors (Lipinski definition) is 4. The molecule has 0 N–H and O–H groups in total. The molecule has 19 heavy (non-hydrogen) atoms. The van der Waals surface area contributed by atoms with Gasteiger partial charge in [0.1, 0.15) is 5.75 Å². The van der Waals surface area contributed by atoms with Crippen molar-refractivity contribution < 1.29 is 23.0 Å². The van der Waals surface area contributed by atoms with Crippen molar-refractivity contribution in [3.05, 3.63) is 28.8 Å². The summed E-state index contributed by atoms with van der Waals surface area (Å²) in [5.74, 6) is -0.824. The summed E-state index contributed by atoms with van der Waals surface area (Å²) in [5, 5.41) is 8.85. The lowest BCUT2D eigenvalue weighted by Crippen LogP contribution is -2.12. The zero-order chi connectivity index (χ0) is 14.4. The van der Waals surface area contributed by atoms with Crippen molar-refractivity contribution in [2.75, 3.05) is 6.61 Å². The predicted octanol–water partition coefficient (Wildman–Crippen LogP) is 2.90. The fraction of sp³-hybridized carbons (Fsp3) is 0.385. The van der Waals surface area contributed by atoms with Crippen LogP contribution in [0, 0.1) is 11.3 Å². The van der Waals surface area contributed by atoms with E-state index in [1.165, 1.54) is 12.1 Å². The van der Waals surface area contributed by atoms with Gasteiger partial charge in [-0.25, -0.2) is 4.79 Å². The highest BCUT2D eigenvalue weighted by atomic mass is 19.3. The van der Waals surface area contributed by atoms with E-state index >= 15 is 0 Å². The van der Waals surface area contributed by atoms with Crippen molar-refractivity contribution in [3.8, 4) is 11.8 Å². The summed E-state index contributed by atoms with van der Waals surface area (Å²) < 4.78 is 33.9. The predicted molar refractivity (Wildman–Crippen MR) is 63.1 cm³/mol. The summed E-state index contributed by atoms with van der Waals surface area (Å²) in [6.07, 6.45) is 0.307. The number of hydrogen-bond donors (Lipinski definition) is 0. The molecule has 6 heteroatoms. The van der Waals surface area contributed by atoms with Crippen molar-refractivity contribution in [2.24, 2.45) is 0 Å². The number of ether oxygens (including phenoxy) is 2. The summed E-state index contributed by atoms with van der Waals surface area (Å²) in [6.45, 7) is 0.467. The van der Waals surface area contributed by atoms with Gasteiger partial charge in [-0.15, -0.1) is 0 Å². The Labute approximate surface area is 109 Å². The minimum atomic E-state index is -3.02. The molecule has 1 aromatic carbocycles. The normalized spacial score (nSPS) is 10.1. The number of esters is 1. The van der Waals surface area contributed by atoms with E-state index in [1.807, 2.05) is 0 Å². The van der Waals surface area contributed by atoms with Crippen LogP contribution in [0.5, 0.6) is 5.75 Å². The van der Waals surface area contributed by atoms with Crippen LogP contribution in [0.15, 0.2) is 12.1 Å². The maximum atomic E-state index is 12.3. The Bertz CT molecular complexity index is 509. The summed E-state index contributed by atoms with van der Waals surface area (Å²) in [4.78, 5) is 11.8. The second kappa shape index (κ2) is 6.69. The number of alkyl halides is 2. The standard InChI is InChI=1S/C13H13F2NO3/c1-3-9-10(12(17)18-4-2)5-8(7-16)6-11(9)19-13(14)15/h5-6,13H,3-4H2,1-2H3. The van der Waals surface area contributed by atoms with Crippen LogP contribution in [0.1, 0.15) is 35.3 Å². The molecule has 0 aliphatic heterocycles. The molecular weight excluding hydrogens is 256 g/mol. The van der Waals surface area contributed by atoms with E-state index < -0.39 is 12.6 Å². The summed E-state index contributed by atoms with van der Waals surface area (Å²) in [5.41, 5.74) is 0.452. The molecule has 0 saturated heterocycles. The molecule has 0 aliphatic carbocycles. The second-order valence-corrected chi connectivity index (χ2v) is 3.56. The van der Waals surface area contributed by atoms with Crippen molar-refractivity contribution in [2.45, 2.75) is 26.9 Å². The zero-order valence-electron chi connectivity index (χ0n) is 10.6. The highest BCUT2D eigenvalue weighted by Gasteiger charge is 2.19. The van der Waals surface area contributed by atoms with Crippen molar-refractivity contribution in [1.82, 2.24) is 0 Å². The third kappa shape index (κ3) is 3.65. The van der Waals surface area contributed by atoms with Crippen LogP contribution in [0.3, 0.4) is 0 Å². The van der Waals surface area contributed by atoms with Gasteiger partial charge < -0.3 is 9.47 Å².